The first-order valence-electron chi connectivity index (χ1n) is 4.20. The number of phenolic OH excluding ortho intramolecular Hbond substituents is 1. The summed E-state index contributed by atoms with van der Waals surface area (Å²) in [5, 5.41) is 27.2. The lowest BCUT2D eigenvalue weighted by Crippen LogP contribution is -2.15. The van der Waals surface area contributed by atoms with E-state index in [-0.39, 0.29) is 12.4 Å². The average molecular weight is 192 g/mol. The molecule has 14 heavy (non-hydrogen) atoms. The number of nitrogens with zero attached hydrogens (tertiary/aromatic N) is 1. The molecule has 1 aromatic rings. The Hall–Kier alpha value is -1.57. The normalized spacial score (nSPS) is 12.1. The predicted molar refractivity (Wildman–Crippen MR) is 51.6 cm³/mol. The fourth-order valence-electron chi connectivity index (χ4n) is 1.25. The third-order valence-corrected chi connectivity index (χ3v) is 2.06. The van der Waals surface area contributed by atoms with Crippen LogP contribution in [0.4, 0.5) is 0 Å². The number of hydrogen-bond donors (Lipinski definition) is 3. The minimum Gasteiger partial charge on any atom is -0.507 e. The Morgan fingerprint density at radius 3 is 2.71 bits per heavy atom. The molecule has 0 radical (unpaired) electrons. The summed E-state index contributed by atoms with van der Waals surface area (Å²) in [6.07, 6.45) is 0. The van der Waals surface area contributed by atoms with Gasteiger partial charge in [0.15, 0.2) is 0 Å². The minimum atomic E-state index is -0.651. The monoisotopic (exact) mass is 192 g/mol. The predicted octanol–water partition coefficient (Wildman–Crippen LogP) is 0.564. The molecule has 0 bridgehead atoms. The number of hydrogen-bond acceptors (Lipinski definition) is 4. The van der Waals surface area contributed by atoms with Crippen LogP contribution < -0.4 is 5.73 Å². The third kappa shape index (κ3) is 1.84. The Morgan fingerprint density at radius 1 is 1.57 bits per heavy atom. The van der Waals surface area contributed by atoms with Crippen LogP contribution in [0.3, 0.4) is 0 Å². The van der Waals surface area contributed by atoms with Gasteiger partial charge in [-0.1, -0.05) is 0 Å². The molecule has 0 aliphatic rings. The zero-order valence-corrected chi connectivity index (χ0v) is 7.86. The van der Waals surface area contributed by atoms with Gasteiger partial charge in [0, 0.05) is 5.56 Å². The molecular formula is C10H12N2O2. The summed E-state index contributed by atoms with van der Waals surface area (Å²) in [6, 6.07) is 4.38. The molecular weight excluding hydrogens is 180 g/mol. The standard InChI is InChI=1S/C10H12N2O2/c1-6-2-7(4-11)3-8(10(6)14)9(12)5-13/h2-3,9,13-14H,5,12H2,1H3/t9-/m1/s1. The number of rotatable bonds is 2. The fourth-order valence-corrected chi connectivity index (χ4v) is 1.25. The van der Waals surface area contributed by atoms with Crippen LogP contribution in [0.5, 0.6) is 5.75 Å². The molecule has 0 saturated heterocycles. The molecule has 0 saturated carbocycles. The van der Waals surface area contributed by atoms with Crippen molar-refractivity contribution in [2.75, 3.05) is 6.61 Å². The van der Waals surface area contributed by atoms with Gasteiger partial charge in [-0.3, -0.25) is 0 Å². The Kier molecular flexibility index (Phi) is 3.07. The van der Waals surface area contributed by atoms with E-state index in [1.54, 1.807) is 13.0 Å². The second-order valence-electron chi connectivity index (χ2n) is 3.13. The van der Waals surface area contributed by atoms with E-state index in [1.165, 1.54) is 6.07 Å². The van der Waals surface area contributed by atoms with E-state index >= 15 is 0 Å². The summed E-state index contributed by atoms with van der Waals surface area (Å²) in [5.74, 6) is 0.0468. The summed E-state index contributed by atoms with van der Waals surface area (Å²) in [5.41, 5.74) is 6.99. The van der Waals surface area contributed by atoms with Gasteiger partial charge in [-0.05, 0) is 24.6 Å². The third-order valence-electron chi connectivity index (χ3n) is 2.06. The van der Waals surface area contributed by atoms with Gasteiger partial charge in [0.1, 0.15) is 5.75 Å². The molecule has 4 heteroatoms. The van der Waals surface area contributed by atoms with E-state index < -0.39 is 6.04 Å². The molecule has 0 fully saturated rings. The van der Waals surface area contributed by atoms with Crippen LogP contribution in [0.1, 0.15) is 22.7 Å². The van der Waals surface area contributed by atoms with Gasteiger partial charge in [-0.25, -0.2) is 0 Å². The maximum Gasteiger partial charge on any atom is 0.123 e. The van der Waals surface area contributed by atoms with Crippen molar-refractivity contribution in [1.29, 1.82) is 5.26 Å². The second kappa shape index (κ2) is 4.09. The molecule has 0 amide bonds. The van der Waals surface area contributed by atoms with E-state index in [2.05, 4.69) is 0 Å². The number of aryl methyl sites for hydroxylation is 1. The topological polar surface area (TPSA) is 90.3 Å². The van der Waals surface area contributed by atoms with Crippen LogP contribution in [-0.4, -0.2) is 16.8 Å². The van der Waals surface area contributed by atoms with Crippen molar-refractivity contribution < 1.29 is 10.2 Å². The molecule has 1 aromatic carbocycles. The zero-order chi connectivity index (χ0) is 10.7. The summed E-state index contributed by atoms with van der Waals surface area (Å²) in [7, 11) is 0. The van der Waals surface area contributed by atoms with Gasteiger partial charge in [-0.15, -0.1) is 0 Å². The van der Waals surface area contributed by atoms with Crippen molar-refractivity contribution in [3.63, 3.8) is 0 Å². The van der Waals surface area contributed by atoms with E-state index in [0.717, 1.165) is 0 Å². The van der Waals surface area contributed by atoms with Crippen molar-refractivity contribution in [2.45, 2.75) is 13.0 Å². The van der Waals surface area contributed by atoms with Crippen molar-refractivity contribution in [3.8, 4) is 11.8 Å². The van der Waals surface area contributed by atoms with Gasteiger partial charge in [0.2, 0.25) is 0 Å². The zero-order valence-electron chi connectivity index (χ0n) is 7.86. The first-order chi connectivity index (χ1) is 6.60. The van der Waals surface area contributed by atoms with E-state index in [0.29, 0.717) is 16.7 Å². The number of nitriles is 1. The molecule has 0 heterocycles. The highest BCUT2D eigenvalue weighted by Gasteiger charge is 2.13. The number of nitrogens with two attached hydrogens (primary N) is 1. The summed E-state index contributed by atoms with van der Waals surface area (Å²) < 4.78 is 0. The first-order valence-corrected chi connectivity index (χ1v) is 4.20. The first kappa shape index (κ1) is 10.5. The fraction of sp³-hybridized carbons (Fsp3) is 0.300. The van der Waals surface area contributed by atoms with Gasteiger partial charge >= 0.3 is 0 Å². The lowest BCUT2D eigenvalue weighted by atomic mass is 10.0. The number of phenols is 1. The highest BCUT2D eigenvalue weighted by atomic mass is 16.3. The molecule has 4 nitrogen and oxygen atoms in total. The highest BCUT2D eigenvalue weighted by molar-refractivity contribution is 5.48. The molecule has 0 aliphatic carbocycles. The van der Waals surface area contributed by atoms with Gasteiger partial charge < -0.3 is 15.9 Å². The Balaban J connectivity index is 3.28. The van der Waals surface area contributed by atoms with Crippen LogP contribution >= 0.6 is 0 Å². The van der Waals surface area contributed by atoms with Crippen LogP contribution in [0.25, 0.3) is 0 Å². The number of aliphatic hydroxyl groups is 1. The second-order valence-corrected chi connectivity index (χ2v) is 3.13. The summed E-state index contributed by atoms with van der Waals surface area (Å²) >= 11 is 0. The van der Waals surface area contributed by atoms with Crippen molar-refractivity contribution in [2.24, 2.45) is 5.73 Å². The maximum atomic E-state index is 9.62. The van der Waals surface area contributed by atoms with E-state index in [4.69, 9.17) is 16.1 Å². The van der Waals surface area contributed by atoms with E-state index in [1.807, 2.05) is 6.07 Å². The molecule has 74 valence electrons. The molecule has 1 atom stereocenters. The van der Waals surface area contributed by atoms with E-state index in [9.17, 15) is 5.11 Å². The lowest BCUT2D eigenvalue weighted by molar-refractivity contribution is 0.265. The lowest BCUT2D eigenvalue weighted by Gasteiger charge is -2.12. The summed E-state index contributed by atoms with van der Waals surface area (Å²) in [4.78, 5) is 0. The molecule has 0 aromatic heterocycles. The van der Waals surface area contributed by atoms with Crippen LogP contribution in [0, 0.1) is 18.3 Å². The highest BCUT2D eigenvalue weighted by Crippen LogP contribution is 2.27. The summed E-state index contributed by atoms with van der Waals surface area (Å²) in [6.45, 7) is 1.42. The SMILES string of the molecule is Cc1cc(C#N)cc([C@H](N)CO)c1O. The maximum absolute atomic E-state index is 9.62. The number of aromatic hydroxyl groups is 1. The Bertz CT molecular complexity index is 382. The van der Waals surface area contributed by atoms with Crippen LogP contribution in [0.2, 0.25) is 0 Å². The van der Waals surface area contributed by atoms with Crippen molar-refractivity contribution >= 4 is 0 Å². The Morgan fingerprint density at radius 2 is 2.21 bits per heavy atom. The Labute approximate surface area is 82.2 Å². The number of aliphatic hydroxyl groups excluding tert-OH is 1. The van der Waals surface area contributed by atoms with Crippen LogP contribution in [0.15, 0.2) is 12.1 Å². The van der Waals surface area contributed by atoms with Crippen molar-refractivity contribution in [1.82, 2.24) is 0 Å². The molecule has 0 spiro atoms. The quantitative estimate of drug-likeness (QED) is 0.638. The number of benzene rings is 1. The smallest absolute Gasteiger partial charge is 0.123 e. The van der Waals surface area contributed by atoms with Gasteiger partial charge in [-0.2, -0.15) is 5.26 Å². The van der Waals surface area contributed by atoms with Crippen LogP contribution in [-0.2, 0) is 0 Å². The van der Waals surface area contributed by atoms with Gasteiger partial charge in [0.05, 0.1) is 24.3 Å². The molecule has 0 aliphatic heterocycles. The average Bonchev–Trinajstić information content (AvgIpc) is 2.20. The molecule has 1 rings (SSSR count). The minimum absolute atomic E-state index is 0.0468. The largest absolute Gasteiger partial charge is 0.507 e. The molecule has 0 unspecified atom stereocenters. The molecule has 4 N–H and O–H groups in total. The van der Waals surface area contributed by atoms with Crippen molar-refractivity contribution in [3.05, 3.63) is 28.8 Å². The van der Waals surface area contributed by atoms with Gasteiger partial charge in [0.25, 0.3) is 0 Å².